The van der Waals surface area contributed by atoms with Crippen molar-refractivity contribution in [1.29, 1.82) is 0 Å². The highest BCUT2D eigenvalue weighted by Gasteiger charge is 2.11. The summed E-state index contributed by atoms with van der Waals surface area (Å²) in [6, 6.07) is 7.44. The van der Waals surface area contributed by atoms with E-state index in [0.29, 0.717) is 18.9 Å². The molecule has 1 amide bonds. The second kappa shape index (κ2) is 10.9. The Kier molecular flexibility index (Phi) is 8.46. The van der Waals surface area contributed by atoms with Crippen molar-refractivity contribution < 1.29 is 14.3 Å². The molecule has 5 heteroatoms. The summed E-state index contributed by atoms with van der Waals surface area (Å²) in [6.07, 6.45) is 6.79. The minimum atomic E-state index is -0.407. The molecule has 0 saturated carbocycles. The molecule has 1 N–H and O–H groups in total. The second-order valence-electron chi connectivity index (χ2n) is 6.25. The van der Waals surface area contributed by atoms with E-state index in [2.05, 4.69) is 17.1 Å². The molecule has 0 radical (unpaired) electrons. The third-order valence-electron chi connectivity index (χ3n) is 4.19. The highest BCUT2D eigenvalue weighted by Crippen LogP contribution is 2.18. The van der Waals surface area contributed by atoms with Crippen LogP contribution in [0.5, 0.6) is 5.75 Å². The van der Waals surface area contributed by atoms with Crippen molar-refractivity contribution in [3.05, 3.63) is 24.3 Å². The van der Waals surface area contributed by atoms with E-state index in [4.69, 9.17) is 9.47 Å². The van der Waals surface area contributed by atoms with E-state index in [0.717, 1.165) is 31.8 Å². The molecule has 1 aromatic rings. The van der Waals surface area contributed by atoms with Crippen LogP contribution in [0.15, 0.2) is 24.3 Å². The van der Waals surface area contributed by atoms with E-state index in [1.165, 1.54) is 32.1 Å². The smallest absolute Gasteiger partial charge is 0.411 e. The quantitative estimate of drug-likeness (QED) is 0.685. The first-order valence-electron chi connectivity index (χ1n) is 9.17. The van der Waals surface area contributed by atoms with Gasteiger partial charge in [0, 0.05) is 18.3 Å². The molecule has 0 unspecified atom stereocenters. The largest absolute Gasteiger partial charge is 0.494 e. The van der Waals surface area contributed by atoms with Gasteiger partial charge >= 0.3 is 6.09 Å². The highest BCUT2D eigenvalue weighted by atomic mass is 16.5. The first kappa shape index (κ1) is 18.6. The third-order valence-corrected chi connectivity index (χ3v) is 4.19. The number of piperidine rings is 1. The van der Waals surface area contributed by atoms with Gasteiger partial charge in [0.05, 0.1) is 6.61 Å². The molecule has 5 nitrogen and oxygen atoms in total. The van der Waals surface area contributed by atoms with Gasteiger partial charge < -0.3 is 9.47 Å². The lowest BCUT2D eigenvalue weighted by Crippen LogP contribution is -2.33. The average Bonchev–Trinajstić information content (AvgIpc) is 2.60. The third kappa shape index (κ3) is 7.21. The van der Waals surface area contributed by atoms with E-state index < -0.39 is 6.09 Å². The molecule has 1 aliphatic heterocycles. The standard InChI is InChI=1S/C19H30N2O3/c1-2-3-7-14-23-18-10-8-9-17(16-18)20-19(22)24-15-13-21-11-5-4-6-12-21/h8-10,16H,2-7,11-15H2,1H3,(H,20,22). The Morgan fingerprint density at radius 3 is 2.79 bits per heavy atom. The average molecular weight is 334 g/mol. The van der Waals surface area contributed by atoms with Crippen molar-refractivity contribution in [2.45, 2.75) is 45.4 Å². The molecule has 0 aliphatic carbocycles. The van der Waals surface area contributed by atoms with Gasteiger partial charge in [-0.05, 0) is 44.5 Å². The molecule has 1 aromatic carbocycles. The summed E-state index contributed by atoms with van der Waals surface area (Å²) in [7, 11) is 0. The summed E-state index contributed by atoms with van der Waals surface area (Å²) in [4.78, 5) is 14.2. The zero-order chi connectivity index (χ0) is 17.0. The summed E-state index contributed by atoms with van der Waals surface area (Å²) in [5, 5.41) is 2.76. The number of carbonyl (C=O) groups is 1. The number of hydrogen-bond donors (Lipinski definition) is 1. The Morgan fingerprint density at radius 1 is 1.17 bits per heavy atom. The zero-order valence-electron chi connectivity index (χ0n) is 14.8. The summed E-state index contributed by atoms with van der Waals surface area (Å²) >= 11 is 0. The topological polar surface area (TPSA) is 50.8 Å². The molecular formula is C19H30N2O3. The lowest BCUT2D eigenvalue weighted by atomic mass is 10.1. The molecule has 134 valence electrons. The van der Waals surface area contributed by atoms with Crippen molar-refractivity contribution >= 4 is 11.8 Å². The number of carbonyl (C=O) groups excluding carboxylic acids is 1. The van der Waals surface area contributed by atoms with Gasteiger partial charge in [0.25, 0.3) is 0 Å². The van der Waals surface area contributed by atoms with Crippen LogP contribution in [0, 0.1) is 0 Å². The molecule has 1 heterocycles. The summed E-state index contributed by atoms with van der Waals surface area (Å²) < 4.78 is 11.0. The van der Waals surface area contributed by atoms with Gasteiger partial charge in [-0.15, -0.1) is 0 Å². The fourth-order valence-electron chi connectivity index (χ4n) is 2.81. The van der Waals surface area contributed by atoms with Crippen LogP contribution in [-0.2, 0) is 4.74 Å². The Labute approximate surface area is 145 Å². The number of rotatable bonds is 9. The van der Waals surface area contributed by atoms with Gasteiger partial charge in [0.15, 0.2) is 0 Å². The van der Waals surface area contributed by atoms with Crippen LogP contribution in [0.3, 0.4) is 0 Å². The number of nitrogens with zero attached hydrogens (tertiary/aromatic N) is 1. The highest BCUT2D eigenvalue weighted by molar-refractivity contribution is 5.84. The monoisotopic (exact) mass is 334 g/mol. The molecule has 1 saturated heterocycles. The van der Waals surface area contributed by atoms with E-state index in [-0.39, 0.29) is 0 Å². The number of likely N-dealkylation sites (tertiary alicyclic amines) is 1. The first-order chi connectivity index (χ1) is 11.8. The SMILES string of the molecule is CCCCCOc1cccc(NC(=O)OCCN2CCCCC2)c1. The van der Waals surface area contributed by atoms with Crippen molar-refractivity contribution in [3.63, 3.8) is 0 Å². The van der Waals surface area contributed by atoms with Crippen LogP contribution in [0.1, 0.15) is 45.4 Å². The number of anilines is 1. The van der Waals surface area contributed by atoms with E-state index in [9.17, 15) is 4.79 Å². The van der Waals surface area contributed by atoms with Gasteiger partial charge in [-0.1, -0.05) is 32.3 Å². The molecule has 2 rings (SSSR count). The lowest BCUT2D eigenvalue weighted by molar-refractivity contribution is 0.131. The van der Waals surface area contributed by atoms with Crippen LogP contribution >= 0.6 is 0 Å². The van der Waals surface area contributed by atoms with E-state index in [1.807, 2.05) is 24.3 Å². The van der Waals surface area contributed by atoms with Gasteiger partial charge in [0.1, 0.15) is 12.4 Å². The predicted molar refractivity (Wildman–Crippen MR) is 96.7 cm³/mol. The lowest BCUT2D eigenvalue weighted by Gasteiger charge is -2.25. The van der Waals surface area contributed by atoms with Crippen LogP contribution in [-0.4, -0.2) is 43.8 Å². The maximum absolute atomic E-state index is 11.9. The fourth-order valence-corrected chi connectivity index (χ4v) is 2.81. The molecule has 1 aliphatic rings. The summed E-state index contributed by atoms with van der Waals surface area (Å²) in [6.45, 7) is 6.34. The summed E-state index contributed by atoms with van der Waals surface area (Å²) in [5.41, 5.74) is 0.700. The van der Waals surface area contributed by atoms with Gasteiger partial charge in [-0.25, -0.2) is 4.79 Å². The first-order valence-corrected chi connectivity index (χ1v) is 9.17. The van der Waals surface area contributed by atoms with Crippen LogP contribution < -0.4 is 10.1 Å². The minimum absolute atomic E-state index is 0.407. The Hall–Kier alpha value is -1.75. The Morgan fingerprint density at radius 2 is 2.00 bits per heavy atom. The van der Waals surface area contributed by atoms with Crippen molar-refractivity contribution in [3.8, 4) is 5.75 Å². The number of ether oxygens (including phenoxy) is 2. The van der Waals surface area contributed by atoms with Gasteiger partial charge in [-0.3, -0.25) is 10.2 Å². The number of nitrogens with one attached hydrogen (secondary N) is 1. The normalized spacial score (nSPS) is 15.0. The zero-order valence-corrected chi connectivity index (χ0v) is 14.8. The van der Waals surface area contributed by atoms with Crippen molar-refractivity contribution in [2.24, 2.45) is 0 Å². The van der Waals surface area contributed by atoms with Gasteiger partial charge in [-0.2, -0.15) is 0 Å². The molecule has 1 fully saturated rings. The Bertz CT molecular complexity index is 487. The predicted octanol–water partition coefficient (Wildman–Crippen LogP) is 4.29. The Balaban J connectivity index is 1.66. The second-order valence-corrected chi connectivity index (χ2v) is 6.25. The van der Waals surface area contributed by atoms with Gasteiger partial charge in [0.2, 0.25) is 0 Å². The van der Waals surface area contributed by atoms with Crippen molar-refractivity contribution in [2.75, 3.05) is 38.2 Å². The molecule has 0 spiro atoms. The number of benzene rings is 1. The van der Waals surface area contributed by atoms with Crippen LogP contribution in [0.2, 0.25) is 0 Å². The van der Waals surface area contributed by atoms with Crippen LogP contribution in [0.4, 0.5) is 10.5 Å². The molecular weight excluding hydrogens is 304 g/mol. The minimum Gasteiger partial charge on any atom is -0.494 e. The summed E-state index contributed by atoms with van der Waals surface area (Å²) in [5.74, 6) is 0.775. The number of amides is 1. The number of hydrogen-bond acceptors (Lipinski definition) is 4. The van der Waals surface area contributed by atoms with E-state index >= 15 is 0 Å². The molecule has 0 aromatic heterocycles. The molecule has 24 heavy (non-hydrogen) atoms. The number of unbranched alkanes of at least 4 members (excludes halogenated alkanes) is 2. The van der Waals surface area contributed by atoms with E-state index in [1.54, 1.807) is 0 Å². The van der Waals surface area contributed by atoms with Crippen molar-refractivity contribution in [1.82, 2.24) is 4.90 Å². The maximum atomic E-state index is 11.9. The molecule has 0 atom stereocenters. The fraction of sp³-hybridized carbons (Fsp3) is 0.632. The maximum Gasteiger partial charge on any atom is 0.411 e. The van der Waals surface area contributed by atoms with Crippen LogP contribution in [0.25, 0.3) is 0 Å². The molecule has 0 bridgehead atoms.